The molecular weight excluding hydrogens is 342 g/mol. The lowest BCUT2D eigenvalue weighted by atomic mass is 10.2. The molecule has 2 aromatic rings. The molecule has 0 unspecified atom stereocenters. The molecule has 0 saturated carbocycles. The Hall–Kier alpha value is -1.29. The van der Waals surface area contributed by atoms with Gasteiger partial charge in [-0.1, -0.05) is 0 Å². The second-order valence-electron chi connectivity index (χ2n) is 5.02. The number of fused-ring (bicyclic) bond motifs is 1. The molecule has 6 nitrogen and oxygen atoms in total. The van der Waals surface area contributed by atoms with Crippen LogP contribution >= 0.6 is 22.7 Å². The Morgan fingerprint density at radius 2 is 2.14 bits per heavy atom. The third-order valence-electron chi connectivity index (χ3n) is 3.29. The van der Waals surface area contributed by atoms with Crippen molar-refractivity contribution in [1.82, 2.24) is 9.29 Å². The standard InChI is InChI=1S/C13H15N3O3S3/c1-8-3-4-12(20-8)22(18,19)16-6-5-10-11(7-16)21-13(15-10)14-9(2)17/h3-4H,5-7H2,1-2H3,(H,14,15,17). The number of thiophene rings is 1. The van der Waals surface area contributed by atoms with Crippen molar-refractivity contribution in [2.24, 2.45) is 0 Å². The lowest BCUT2D eigenvalue weighted by molar-refractivity contribution is -0.114. The van der Waals surface area contributed by atoms with Crippen molar-refractivity contribution in [3.05, 3.63) is 27.6 Å². The average molecular weight is 357 g/mol. The number of aryl methyl sites for hydroxylation is 1. The molecule has 0 fully saturated rings. The van der Waals surface area contributed by atoms with E-state index in [4.69, 9.17) is 0 Å². The van der Waals surface area contributed by atoms with E-state index in [1.54, 1.807) is 6.07 Å². The lowest BCUT2D eigenvalue weighted by Gasteiger charge is -2.24. The van der Waals surface area contributed by atoms with Gasteiger partial charge in [0.05, 0.1) is 12.2 Å². The summed E-state index contributed by atoms with van der Waals surface area (Å²) in [7, 11) is -3.45. The number of nitrogens with zero attached hydrogens (tertiary/aromatic N) is 2. The zero-order valence-electron chi connectivity index (χ0n) is 12.1. The molecule has 22 heavy (non-hydrogen) atoms. The molecule has 1 amide bonds. The quantitative estimate of drug-likeness (QED) is 0.913. The maximum absolute atomic E-state index is 12.6. The van der Waals surface area contributed by atoms with Gasteiger partial charge in [-0.2, -0.15) is 4.31 Å². The Bertz CT molecular complexity index is 823. The van der Waals surface area contributed by atoms with E-state index in [1.165, 1.54) is 33.9 Å². The Balaban J connectivity index is 1.84. The molecule has 0 radical (unpaired) electrons. The van der Waals surface area contributed by atoms with Crippen LogP contribution in [0.2, 0.25) is 0 Å². The summed E-state index contributed by atoms with van der Waals surface area (Å²) < 4.78 is 27.1. The molecule has 0 atom stereocenters. The highest BCUT2D eigenvalue weighted by molar-refractivity contribution is 7.91. The van der Waals surface area contributed by atoms with Gasteiger partial charge in [-0.15, -0.1) is 22.7 Å². The fraction of sp³-hybridized carbons (Fsp3) is 0.385. The SMILES string of the molecule is CC(=O)Nc1nc2c(s1)CN(S(=O)(=O)c1ccc(C)s1)CC2. The molecule has 0 bridgehead atoms. The highest BCUT2D eigenvalue weighted by atomic mass is 32.2. The summed E-state index contributed by atoms with van der Waals surface area (Å²) in [6, 6.07) is 3.47. The number of carbonyl (C=O) groups is 1. The zero-order valence-corrected chi connectivity index (χ0v) is 14.6. The van der Waals surface area contributed by atoms with Crippen LogP contribution in [0.25, 0.3) is 0 Å². The van der Waals surface area contributed by atoms with Crippen LogP contribution in [0.5, 0.6) is 0 Å². The normalized spacial score (nSPS) is 15.5. The van der Waals surface area contributed by atoms with Crippen molar-refractivity contribution in [1.29, 1.82) is 0 Å². The van der Waals surface area contributed by atoms with Crippen molar-refractivity contribution >= 4 is 43.7 Å². The van der Waals surface area contributed by atoms with Gasteiger partial charge < -0.3 is 5.32 Å². The van der Waals surface area contributed by atoms with E-state index in [1.807, 2.05) is 13.0 Å². The van der Waals surface area contributed by atoms with Crippen LogP contribution in [-0.4, -0.2) is 30.2 Å². The predicted molar refractivity (Wildman–Crippen MR) is 86.8 cm³/mol. The molecule has 3 heterocycles. The first kappa shape index (κ1) is 15.6. The van der Waals surface area contributed by atoms with Gasteiger partial charge >= 0.3 is 0 Å². The molecule has 1 aliphatic rings. The second kappa shape index (κ2) is 5.73. The monoisotopic (exact) mass is 357 g/mol. The van der Waals surface area contributed by atoms with E-state index in [0.717, 1.165) is 15.4 Å². The van der Waals surface area contributed by atoms with Crippen LogP contribution in [0.1, 0.15) is 22.4 Å². The highest BCUT2D eigenvalue weighted by Crippen LogP contribution is 2.32. The van der Waals surface area contributed by atoms with Gasteiger partial charge in [0.15, 0.2) is 5.13 Å². The van der Waals surface area contributed by atoms with Gasteiger partial charge in [-0.25, -0.2) is 13.4 Å². The van der Waals surface area contributed by atoms with E-state index < -0.39 is 10.0 Å². The summed E-state index contributed by atoms with van der Waals surface area (Å²) in [6.07, 6.45) is 0.564. The molecule has 1 aliphatic heterocycles. The molecular formula is C13H15N3O3S3. The van der Waals surface area contributed by atoms with Crippen molar-refractivity contribution in [2.45, 2.75) is 31.0 Å². The maximum Gasteiger partial charge on any atom is 0.252 e. The number of carbonyl (C=O) groups excluding carboxylic acids is 1. The van der Waals surface area contributed by atoms with Gasteiger partial charge in [0.1, 0.15) is 4.21 Å². The molecule has 9 heteroatoms. The molecule has 118 valence electrons. The van der Waals surface area contributed by atoms with Crippen LogP contribution in [0.15, 0.2) is 16.3 Å². The molecule has 0 spiro atoms. The number of hydrogen-bond acceptors (Lipinski definition) is 6. The topological polar surface area (TPSA) is 79.4 Å². The number of aromatic nitrogens is 1. The summed E-state index contributed by atoms with van der Waals surface area (Å²) in [5.74, 6) is -0.176. The third kappa shape index (κ3) is 2.94. The molecule has 3 rings (SSSR count). The zero-order chi connectivity index (χ0) is 15.9. The number of sulfonamides is 1. The molecule has 0 saturated heterocycles. The number of nitrogens with one attached hydrogen (secondary N) is 1. The summed E-state index contributed by atoms with van der Waals surface area (Å²) in [5, 5.41) is 3.18. The van der Waals surface area contributed by atoms with E-state index in [-0.39, 0.29) is 5.91 Å². The van der Waals surface area contributed by atoms with Gasteiger partial charge in [-0.05, 0) is 19.1 Å². The first-order valence-electron chi connectivity index (χ1n) is 6.69. The number of anilines is 1. The molecule has 0 aromatic carbocycles. The number of amides is 1. The van der Waals surface area contributed by atoms with Crippen LogP contribution in [-0.2, 0) is 27.8 Å². The summed E-state index contributed by atoms with van der Waals surface area (Å²) in [4.78, 5) is 17.3. The Kier molecular flexibility index (Phi) is 4.06. The average Bonchev–Trinajstić information content (AvgIpc) is 3.02. The number of rotatable bonds is 3. The highest BCUT2D eigenvalue weighted by Gasteiger charge is 2.31. The third-order valence-corrected chi connectivity index (χ3v) is 7.60. The Morgan fingerprint density at radius 1 is 1.36 bits per heavy atom. The Morgan fingerprint density at radius 3 is 2.77 bits per heavy atom. The second-order valence-corrected chi connectivity index (χ2v) is 9.56. The largest absolute Gasteiger partial charge is 0.302 e. The van der Waals surface area contributed by atoms with E-state index in [9.17, 15) is 13.2 Å². The Labute approximate surface area is 136 Å². The lowest BCUT2D eigenvalue weighted by Crippen LogP contribution is -2.35. The van der Waals surface area contributed by atoms with Crippen LogP contribution in [0.4, 0.5) is 5.13 Å². The van der Waals surface area contributed by atoms with Gasteiger partial charge in [0.2, 0.25) is 5.91 Å². The van der Waals surface area contributed by atoms with Crippen molar-refractivity contribution in [2.75, 3.05) is 11.9 Å². The smallest absolute Gasteiger partial charge is 0.252 e. The summed E-state index contributed by atoms with van der Waals surface area (Å²) >= 11 is 2.62. The van der Waals surface area contributed by atoms with E-state index in [0.29, 0.717) is 28.9 Å². The fourth-order valence-corrected chi connectivity index (χ4v) is 6.26. The predicted octanol–water partition coefficient (Wildman–Crippen LogP) is 2.22. The minimum atomic E-state index is -3.45. The molecule has 0 aliphatic carbocycles. The molecule has 1 N–H and O–H groups in total. The van der Waals surface area contributed by atoms with Crippen molar-refractivity contribution in [3.8, 4) is 0 Å². The minimum Gasteiger partial charge on any atom is -0.302 e. The number of thiazole rings is 1. The minimum absolute atomic E-state index is 0.176. The van der Waals surface area contributed by atoms with E-state index >= 15 is 0 Å². The van der Waals surface area contributed by atoms with Crippen LogP contribution < -0.4 is 5.32 Å². The van der Waals surface area contributed by atoms with Gasteiger partial charge in [0.25, 0.3) is 10.0 Å². The summed E-state index contributed by atoms with van der Waals surface area (Å²) in [5.41, 5.74) is 0.877. The van der Waals surface area contributed by atoms with Gasteiger partial charge in [0, 0.05) is 29.6 Å². The van der Waals surface area contributed by atoms with E-state index in [2.05, 4.69) is 10.3 Å². The maximum atomic E-state index is 12.6. The van der Waals surface area contributed by atoms with Crippen molar-refractivity contribution < 1.29 is 13.2 Å². The summed E-state index contributed by atoms with van der Waals surface area (Å²) in [6.45, 7) is 4.04. The van der Waals surface area contributed by atoms with Crippen LogP contribution in [0.3, 0.4) is 0 Å². The first-order valence-corrected chi connectivity index (χ1v) is 9.76. The first-order chi connectivity index (χ1) is 10.4. The van der Waals surface area contributed by atoms with Crippen molar-refractivity contribution in [3.63, 3.8) is 0 Å². The molecule has 2 aromatic heterocycles. The number of hydrogen-bond donors (Lipinski definition) is 1. The van der Waals surface area contributed by atoms with Crippen LogP contribution in [0, 0.1) is 6.92 Å². The van der Waals surface area contributed by atoms with Gasteiger partial charge in [-0.3, -0.25) is 4.79 Å². The fourth-order valence-electron chi connectivity index (χ4n) is 2.26.